The number of rotatable bonds is 3. The molecule has 0 N–H and O–H groups in total. The fourth-order valence-corrected chi connectivity index (χ4v) is 1.87. The summed E-state index contributed by atoms with van der Waals surface area (Å²) in [7, 11) is 0. The summed E-state index contributed by atoms with van der Waals surface area (Å²) < 4.78 is 0. The fraction of sp³-hybridized carbons (Fsp3) is 0.182. The summed E-state index contributed by atoms with van der Waals surface area (Å²) in [5, 5.41) is 2.70. The van der Waals surface area contributed by atoms with Crippen molar-refractivity contribution < 1.29 is 4.79 Å². The molecule has 0 saturated carbocycles. The lowest BCUT2D eigenvalue weighted by molar-refractivity contribution is 0.0988. The van der Waals surface area contributed by atoms with Crippen LogP contribution in [-0.2, 0) is 6.42 Å². The van der Waals surface area contributed by atoms with Gasteiger partial charge in [0.2, 0.25) is 0 Å². The number of nitrogens with zero attached hydrogens (tertiary/aromatic N) is 2. The van der Waals surface area contributed by atoms with Crippen molar-refractivity contribution in [1.29, 1.82) is 0 Å². The Labute approximate surface area is 91.8 Å². The van der Waals surface area contributed by atoms with E-state index >= 15 is 0 Å². The Morgan fingerprint density at radius 2 is 2.27 bits per heavy atom. The average molecular weight is 218 g/mol. The normalized spacial score (nSPS) is 10.2. The number of thiazole rings is 1. The molecule has 2 rings (SSSR count). The summed E-state index contributed by atoms with van der Waals surface area (Å²) in [4.78, 5) is 19.9. The maximum Gasteiger partial charge on any atom is 0.187 e. The van der Waals surface area contributed by atoms with Gasteiger partial charge in [-0.25, -0.2) is 4.98 Å². The van der Waals surface area contributed by atoms with Gasteiger partial charge in [0.1, 0.15) is 10.7 Å². The van der Waals surface area contributed by atoms with Crippen LogP contribution in [0.2, 0.25) is 0 Å². The molecule has 0 aliphatic carbocycles. The van der Waals surface area contributed by atoms with Crippen LogP contribution in [0.5, 0.6) is 0 Å². The standard InChI is InChI=1S/C11H10N2OS/c1-8-2-3-12-9(6-8)10(14)7-11-13-4-5-15-11/h2-6H,7H2,1H3. The molecule has 2 aromatic heterocycles. The number of hydrogen-bond acceptors (Lipinski definition) is 4. The minimum absolute atomic E-state index is 0.0219. The topological polar surface area (TPSA) is 42.9 Å². The lowest BCUT2D eigenvalue weighted by atomic mass is 10.1. The highest BCUT2D eigenvalue weighted by atomic mass is 32.1. The van der Waals surface area contributed by atoms with Gasteiger partial charge >= 0.3 is 0 Å². The van der Waals surface area contributed by atoms with Crippen LogP contribution in [0.4, 0.5) is 0 Å². The number of ketones is 1. The van der Waals surface area contributed by atoms with Crippen molar-refractivity contribution in [2.45, 2.75) is 13.3 Å². The number of pyridine rings is 1. The van der Waals surface area contributed by atoms with Gasteiger partial charge in [0.05, 0.1) is 6.42 Å². The number of aromatic nitrogens is 2. The van der Waals surface area contributed by atoms with Crippen LogP contribution >= 0.6 is 11.3 Å². The first-order chi connectivity index (χ1) is 7.25. The molecule has 0 bridgehead atoms. The van der Waals surface area contributed by atoms with Crippen LogP contribution < -0.4 is 0 Å². The number of aryl methyl sites for hydroxylation is 1. The van der Waals surface area contributed by atoms with E-state index in [1.54, 1.807) is 18.5 Å². The number of carbonyl (C=O) groups excluding carboxylic acids is 1. The van der Waals surface area contributed by atoms with Crippen LogP contribution in [0.15, 0.2) is 29.9 Å². The summed E-state index contributed by atoms with van der Waals surface area (Å²) in [5.41, 5.74) is 1.57. The van der Waals surface area contributed by atoms with Crippen LogP contribution in [-0.4, -0.2) is 15.8 Å². The Balaban J connectivity index is 2.15. The Morgan fingerprint density at radius 3 is 2.93 bits per heavy atom. The molecule has 0 unspecified atom stereocenters. The minimum Gasteiger partial charge on any atom is -0.292 e. The SMILES string of the molecule is Cc1ccnc(C(=O)Cc2nccs2)c1. The molecule has 0 radical (unpaired) electrons. The Morgan fingerprint density at radius 1 is 1.40 bits per heavy atom. The van der Waals surface area contributed by atoms with Crippen molar-refractivity contribution in [3.05, 3.63) is 46.2 Å². The van der Waals surface area contributed by atoms with Gasteiger partial charge in [-0.3, -0.25) is 9.78 Å². The summed E-state index contributed by atoms with van der Waals surface area (Å²) >= 11 is 1.49. The predicted molar refractivity (Wildman–Crippen MR) is 59.1 cm³/mol. The molecule has 2 aromatic rings. The zero-order valence-corrected chi connectivity index (χ0v) is 9.12. The molecule has 0 fully saturated rings. The summed E-state index contributed by atoms with van der Waals surface area (Å²) in [6.45, 7) is 1.95. The number of hydrogen-bond donors (Lipinski definition) is 0. The maximum atomic E-state index is 11.8. The van der Waals surface area contributed by atoms with Crippen molar-refractivity contribution in [2.24, 2.45) is 0 Å². The van der Waals surface area contributed by atoms with E-state index in [1.807, 2.05) is 18.4 Å². The van der Waals surface area contributed by atoms with E-state index in [2.05, 4.69) is 9.97 Å². The first-order valence-electron chi connectivity index (χ1n) is 4.60. The highest BCUT2D eigenvalue weighted by Crippen LogP contribution is 2.09. The Kier molecular flexibility index (Phi) is 2.87. The lowest BCUT2D eigenvalue weighted by Gasteiger charge is -1.98. The highest BCUT2D eigenvalue weighted by Gasteiger charge is 2.09. The van der Waals surface area contributed by atoms with Gasteiger partial charge in [-0.15, -0.1) is 11.3 Å². The average Bonchev–Trinajstić information content (AvgIpc) is 2.70. The maximum absolute atomic E-state index is 11.8. The van der Waals surface area contributed by atoms with Gasteiger partial charge < -0.3 is 0 Å². The molecule has 0 saturated heterocycles. The van der Waals surface area contributed by atoms with Gasteiger partial charge in [-0.1, -0.05) is 0 Å². The second kappa shape index (κ2) is 4.31. The molecule has 15 heavy (non-hydrogen) atoms. The summed E-state index contributed by atoms with van der Waals surface area (Å²) in [6.07, 6.45) is 3.70. The third kappa shape index (κ3) is 2.47. The third-order valence-electron chi connectivity index (χ3n) is 2.00. The van der Waals surface area contributed by atoms with Crippen LogP contribution in [0, 0.1) is 6.92 Å². The van der Waals surface area contributed by atoms with Crippen LogP contribution in [0.25, 0.3) is 0 Å². The minimum atomic E-state index is 0.0219. The largest absolute Gasteiger partial charge is 0.292 e. The first-order valence-corrected chi connectivity index (χ1v) is 5.48. The smallest absolute Gasteiger partial charge is 0.187 e. The fourth-order valence-electron chi connectivity index (χ4n) is 1.26. The van der Waals surface area contributed by atoms with Gasteiger partial charge in [0, 0.05) is 17.8 Å². The molecule has 3 nitrogen and oxygen atoms in total. The third-order valence-corrected chi connectivity index (χ3v) is 2.78. The summed E-state index contributed by atoms with van der Waals surface area (Å²) in [6, 6.07) is 3.68. The predicted octanol–water partition coefficient (Wildman–Crippen LogP) is 2.27. The molecule has 0 atom stereocenters. The van der Waals surface area contributed by atoms with Crippen LogP contribution in [0.3, 0.4) is 0 Å². The second-order valence-corrected chi connectivity index (χ2v) is 4.22. The first kappa shape index (κ1) is 9.98. The van der Waals surface area contributed by atoms with E-state index in [4.69, 9.17) is 0 Å². The van der Waals surface area contributed by atoms with E-state index in [-0.39, 0.29) is 5.78 Å². The molecule has 0 spiro atoms. The molecule has 0 aliphatic heterocycles. The summed E-state index contributed by atoms with van der Waals surface area (Å²) in [5.74, 6) is 0.0219. The van der Waals surface area contributed by atoms with Crippen LogP contribution in [0.1, 0.15) is 21.1 Å². The molecule has 0 aliphatic rings. The van der Waals surface area contributed by atoms with Crippen molar-refractivity contribution >= 4 is 17.1 Å². The molecule has 2 heterocycles. The molecule has 0 aromatic carbocycles. The lowest BCUT2D eigenvalue weighted by Crippen LogP contribution is -2.05. The van der Waals surface area contributed by atoms with Gasteiger partial charge in [0.25, 0.3) is 0 Å². The highest BCUT2D eigenvalue weighted by molar-refractivity contribution is 7.09. The van der Waals surface area contributed by atoms with E-state index in [0.717, 1.165) is 10.6 Å². The number of carbonyl (C=O) groups is 1. The molecule has 4 heteroatoms. The van der Waals surface area contributed by atoms with Crippen molar-refractivity contribution in [3.63, 3.8) is 0 Å². The second-order valence-electron chi connectivity index (χ2n) is 3.24. The molecular weight excluding hydrogens is 208 g/mol. The quantitative estimate of drug-likeness (QED) is 0.742. The number of Topliss-reactive ketones (excluding diaryl/α,β-unsaturated/α-hetero) is 1. The Hall–Kier alpha value is -1.55. The van der Waals surface area contributed by atoms with E-state index in [1.165, 1.54) is 11.3 Å². The Bertz CT molecular complexity index is 465. The molecular formula is C11H10N2OS. The van der Waals surface area contributed by atoms with Crippen molar-refractivity contribution in [2.75, 3.05) is 0 Å². The van der Waals surface area contributed by atoms with E-state index in [9.17, 15) is 4.79 Å². The zero-order valence-electron chi connectivity index (χ0n) is 8.30. The van der Waals surface area contributed by atoms with E-state index < -0.39 is 0 Å². The van der Waals surface area contributed by atoms with Gasteiger partial charge in [0.15, 0.2) is 5.78 Å². The van der Waals surface area contributed by atoms with Crippen molar-refractivity contribution in [3.8, 4) is 0 Å². The van der Waals surface area contributed by atoms with E-state index in [0.29, 0.717) is 12.1 Å². The molecule has 0 amide bonds. The van der Waals surface area contributed by atoms with Gasteiger partial charge in [-0.2, -0.15) is 0 Å². The monoisotopic (exact) mass is 218 g/mol. The zero-order chi connectivity index (χ0) is 10.7. The van der Waals surface area contributed by atoms with Gasteiger partial charge in [-0.05, 0) is 24.6 Å². The molecule has 76 valence electrons. The van der Waals surface area contributed by atoms with Crippen molar-refractivity contribution in [1.82, 2.24) is 9.97 Å².